The Morgan fingerprint density at radius 1 is 0.930 bits per heavy atom. The maximum absolute atomic E-state index is 12.3. The molecule has 3 aliphatic heterocycles. The third kappa shape index (κ3) is 7.58. The van der Waals surface area contributed by atoms with E-state index in [0.29, 0.717) is 0 Å². The lowest BCUT2D eigenvalue weighted by Crippen LogP contribution is -2.68. The molecule has 3 heterocycles. The van der Waals surface area contributed by atoms with Crippen molar-refractivity contribution < 1.29 is 94.6 Å². The number of carboxylic acids is 1. The Kier molecular flexibility index (Phi) is 12.1. The molecule has 1 amide bonds. The molecule has 3 fully saturated rings. The first-order chi connectivity index (χ1) is 20.1. The van der Waals surface area contributed by atoms with Gasteiger partial charge >= 0.3 is 5.97 Å². The minimum absolute atomic E-state index is 0.719. The molecule has 43 heavy (non-hydrogen) atoms. The number of aliphatic carboxylic acids is 1. The molecule has 0 bridgehead atoms. The number of carbonyl (C=O) groups excluding carboxylic acids is 1. The Morgan fingerprint density at radius 3 is 2.14 bits per heavy atom. The number of aliphatic hydroxyl groups excluding tert-OH is 11. The Balaban J connectivity index is 1.82. The highest BCUT2D eigenvalue weighted by Gasteiger charge is 2.57. The van der Waals surface area contributed by atoms with Gasteiger partial charge in [-0.15, -0.1) is 0 Å². The van der Waals surface area contributed by atoms with E-state index < -0.39 is 136 Å². The van der Waals surface area contributed by atoms with E-state index in [0.717, 1.165) is 6.92 Å². The van der Waals surface area contributed by atoms with Gasteiger partial charge in [0.15, 0.2) is 12.6 Å². The zero-order valence-electron chi connectivity index (χ0n) is 22.7. The van der Waals surface area contributed by atoms with Crippen molar-refractivity contribution >= 4 is 11.9 Å². The number of hydrogen-bond acceptors (Lipinski definition) is 18. The lowest BCUT2D eigenvalue weighted by atomic mass is 9.88. The lowest BCUT2D eigenvalue weighted by molar-refractivity contribution is -0.364. The smallest absolute Gasteiger partial charge is 0.364 e. The Morgan fingerprint density at radius 2 is 1.58 bits per heavy atom. The molecule has 20 heteroatoms. The first kappa shape index (κ1) is 35.8. The van der Waals surface area contributed by atoms with Gasteiger partial charge < -0.3 is 90.3 Å². The van der Waals surface area contributed by atoms with Crippen molar-refractivity contribution in [1.29, 1.82) is 0 Å². The first-order valence-corrected chi connectivity index (χ1v) is 13.2. The molecule has 0 spiro atoms. The summed E-state index contributed by atoms with van der Waals surface area (Å²) >= 11 is 0. The molecule has 0 saturated carbocycles. The number of amides is 1. The van der Waals surface area contributed by atoms with Crippen LogP contribution in [0.1, 0.15) is 13.3 Å². The van der Waals surface area contributed by atoms with Crippen LogP contribution in [0.4, 0.5) is 0 Å². The second kappa shape index (κ2) is 14.6. The zero-order chi connectivity index (χ0) is 32.4. The average Bonchev–Trinajstić information content (AvgIpc) is 2.96. The second-order valence-electron chi connectivity index (χ2n) is 10.5. The molecular weight excluding hydrogens is 594 g/mol. The van der Waals surface area contributed by atoms with Gasteiger partial charge in [-0.3, -0.25) is 4.79 Å². The van der Waals surface area contributed by atoms with E-state index in [-0.39, 0.29) is 0 Å². The van der Waals surface area contributed by atoms with E-state index in [1.54, 1.807) is 0 Å². The summed E-state index contributed by atoms with van der Waals surface area (Å²) in [4.78, 5) is 24.0. The van der Waals surface area contributed by atoms with Crippen molar-refractivity contribution in [2.75, 3.05) is 19.8 Å². The summed E-state index contributed by atoms with van der Waals surface area (Å²) in [7, 11) is 0. The van der Waals surface area contributed by atoms with Crippen molar-refractivity contribution in [2.45, 2.75) is 111 Å². The molecule has 0 aromatic heterocycles. The van der Waals surface area contributed by atoms with Crippen LogP contribution in [0.3, 0.4) is 0 Å². The molecule has 0 aliphatic carbocycles. The highest BCUT2D eigenvalue weighted by Crippen LogP contribution is 2.35. The molecule has 0 aromatic carbocycles. The van der Waals surface area contributed by atoms with Gasteiger partial charge in [-0.1, -0.05) is 0 Å². The van der Waals surface area contributed by atoms with Gasteiger partial charge in [0.25, 0.3) is 5.79 Å². The van der Waals surface area contributed by atoms with E-state index in [4.69, 9.17) is 23.7 Å². The fourth-order valence-electron chi connectivity index (χ4n) is 5.05. The highest BCUT2D eigenvalue weighted by atomic mass is 16.8. The Labute approximate surface area is 243 Å². The predicted molar refractivity (Wildman–Crippen MR) is 130 cm³/mol. The number of carbonyl (C=O) groups is 2. The van der Waals surface area contributed by atoms with Gasteiger partial charge in [-0.2, -0.15) is 0 Å². The summed E-state index contributed by atoms with van der Waals surface area (Å²) in [6.07, 6.45) is -27.0. The van der Waals surface area contributed by atoms with Gasteiger partial charge in [0, 0.05) is 13.3 Å². The minimum atomic E-state index is -2.83. The first-order valence-electron chi connectivity index (χ1n) is 13.2. The quantitative estimate of drug-likeness (QED) is 0.100. The molecular formula is C23H39NO19. The summed E-state index contributed by atoms with van der Waals surface area (Å²) in [6.45, 7) is -1.76. The molecule has 3 saturated heterocycles. The molecule has 1 unspecified atom stereocenters. The van der Waals surface area contributed by atoms with Crippen LogP contribution in [0.25, 0.3) is 0 Å². The summed E-state index contributed by atoms with van der Waals surface area (Å²) in [5.74, 6) is -5.42. The standard InChI is InChI=1S/C23H39NO19/c1-6(27)24-11-7(28)2-23(22(37)38,43-19(11)12(30)8(29)3-25)39-5-10-13(31)14(32)17(35)21(41-10)42-18-9(4-26)40-20(36)16(34)15(18)33/h7-21,25-26,28-36H,2-5H2,1H3,(H,24,27)(H,37,38)/t7-,8+,9+,10+,11+,12+,13-,14+,15+,16+,17+,18+,19+,20?,21-,23-/m0/s1. The molecule has 3 rings (SSSR count). The maximum Gasteiger partial charge on any atom is 0.364 e. The van der Waals surface area contributed by atoms with E-state index in [2.05, 4.69) is 5.32 Å². The fourth-order valence-corrected chi connectivity index (χ4v) is 5.05. The number of aliphatic hydroxyl groups is 11. The van der Waals surface area contributed by atoms with Crippen LogP contribution in [0.2, 0.25) is 0 Å². The van der Waals surface area contributed by atoms with Crippen LogP contribution in [0.5, 0.6) is 0 Å². The monoisotopic (exact) mass is 633 g/mol. The number of nitrogens with one attached hydrogen (secondary N) is 1. The van der Waals surface area contributed by atoms with E-state index in [1.165, 1.54) is 0 Å². The molecule has 0 radical (unpaired) electrons. The summed E-state index contributed by atoms with van der Waals surface area (Å²) in [5.41, 5.74) is 0. The second-order valence-corrected chi connectivity index (χ2v) is 10.5. The highest BCUT2D eigenvalue weighted by molar-refractivity contribution is 5.76. The van der Waals surface area contributed by atoms with Crippen LogP contribution in [-0.4, -0.2) is 191 Å². The number of ether oxygens (including phenoxy) is 5. The van der Waals surface area contributed by atoms with Crippen LogP contribution >= 0.6 is 0 Å². The van der Waals surface area contributed by atoms with Crippen molar-refractivity contribution in [2.24, 2.45) is 0 Å². The van der Waals surface area contributed by atoms with Gasteiger partial charge in [0.1, 0.15) is 67.1 Å². The van der Waals surface area contributed by atoms with E-state index in [1.807, 2.05) is 0 Å². The topological polar surface area (TPSA) is 335 Å². The average molecular weight is 634 g/mol. The maximum atomic E-state index is 12.3. The van der Waals surface area contributed by atoms with Gasteiger partial charge in [-0.25, -0.2) is 4.79 Å². The van der Waals surface area contributed by atoms with Crippen LogP contribution in [0, 0.1) is 0 Å². The van der Waals surface area contributed by atoms with Gasteiger partial charge in [-0.05, 0) is 0 Å². The van der Waals surface area contributed by atoms with Crippen LogP contribution in [-0.2, 0) is 33.3 Å². The SMILES string of the molecule is CC(=O)N[C@H]1[C@H]([C@H](O)[C@H](O)CO)O[C@](OC[C@H]2O[C@@H](O[C@H]3[C@H](O)[C@@H](O)C(O)O[C@@H]3CO)[C@H](O)[C@H](O)[C@H]2O)(C(=O)O)C[C@@H]1O. The van der Waals surface area contributed by atoms with Crippen molar-refractivity contribution in [3.63, 3.8) is 0 Å². The Hall–Kier alpha value is -1.70. The minimum Gasteiger partial charge on any atom is -0.477 e. The molecule has 16 atom stereocenters. The molecule has 13 N–H and O–H groups in total. The van der Waals surface area contributed by atoms with E-state index in [9.17, 15) is 70.9 Å². The van der Waals surface area contributed by atoms with Crippen molar-refractivity contribution in [1.82, 2.24) is 5.32 Å². The van der Waals surface area contributed by atoms with Gasteiger partial charge in [0.05, 0.1) is 32.0 Å². The van der Waals surface area contributed by atoms with Crippen LogP contribution < -0.4 is 5.32 Å². The third-order valence-corrected chi connectivity index (χ3v) is 7.47. The largest absolute Gasteiger partial charge is 0.477 e. The molecule has 0 aromatic rings. The normalized spacial score (nSPS) is 45.3. The third-order valence-electron chi connectivity index (χ3n) is 7.47. The Bertz CT molecular complexity index is 942. The summed E-state index contributed by atoms with van der Waals surface area (Å²) < 4.78 is 26.7. The summed E-state index contributed by atoms with van der Waals surface area (Å²) in [6, 6.07) is -1.48. The fraction of sp³-hybridized carbons (Fsp3) is 0.913. The van der Waals surface area contributed by atoms with Crippen LogP contribution in [0.15, 0.2) is 0 Å². The number of hydrogen-bond donors (Lipinski definition) is 13. The molecule has 3 aliphatic rings. The number of carboxylic acid groups (broad SMARTS) is 1. The van der Waals surface area contributed by atoms with Crippen molar-refractivity contribution in [3.05, 3.63) is 0 Å². The predicted octanol–water partition coefficient (Wildman–Crippen LogP) is -8.22. The van der Waals surface area contributed by atoms with Gasteiger partial charge in [0.2, 0.25) is 5.91 Å². The molecule has 20 nitrogen and oxygen atoms in total. The lowest BCUT2D eigenvalue weighted by Gasteiger charge is -2.48. The van der Waals surface area contributed by atoms with Crippen molar-refractivity contribution in [3.8, 4) is 0 Å². The zero-order valence-corrected chi connectivity index (χ0v) is 22.7. The number of rotatable bonds is 11. The summed E-state index contributed by atoms with van der Waals surface area (Å²) in [5, 5.41) is 123. The molecule has 250 valence electrons. The van der Waals surface area contributed by atoms with E-state index >= 15 is 0 Å².